The Morgan fingerprint density at radius 3 is 2.43 bits per heavy atom. The van der Waals surface area contributed by atoms with Crippen LogP contribution in [0.5, 0.6) is 0 Å². The molecule has 4 amide bonds. The predicted molar refractivity (Wildman–Crippen MR) is 261 cm³/mol. The number of amides is 4. The molecule has 3 saturated heterocycles. The zero-order chi connectivity index (χ0) is 48.9. The Labute approximate surface area is 400 Å². The second-order valence-electron chi connectivity index (χ2n) is 18.5. The number of aromatic nitrogens is 2. The first-order chi connectivity index (χ1) is 33.3. The number of carbonyl (C=O) groups is 4. The summed E-state index contributed by atoms with van der Waals surface area (Å²) >= 11 is 0. The fourth-order valence-electron chi connectivity index (χ4n) is 10.3. The van der Waals surface area contributed by atoms with Crippen molar-refractivity contribution < 1.29 is 28.0 Å². The number of allylic oxidation sites excluding steroid dienone is 1. The van der Waals surface area contributed by atoms with Crippen LogP contribution in [0.4, 0.5) is 14.5 Å². The number of nitrogens with zero attached hydrogens (tertiary/aromatic N) is 8. The first-order valence-electron chi connectivity index (χ1n) is 23.9. The predicted octanol–water partition coefficient (Wildman–Crippen LogP) is 3.13. The second kappa shape index (κ2) is 21.3. The van der Waals surface area contributed by atoms with Crippen molar-refractivity contribution in [2.45, 2.75) is 76.8 Å². The number of likely N-dealkylation sites (tertiary alicyclic amines) is 1. The van der Waals surface area contributed by atoms with Crippen LogP contribution in [0, 0.1) is 17.3 Å². The summed E-state index contributed by atoms with van der Waals surface area (Å²) in [4.78, 5) is 77.8. The summed E-state index contributed by atoms with van der Waals surface area (Å²) in [5.74, 6) is 5.94. The number of piperidine rings is 2. The number of benzene rings is 2. The van der Waals surface area contributed by atoms with Gasteiger partial charge >= 0.3 is 5.69 Å². The molecule has 8 rings (SSSR count). The van der Waals surface area contributed by atoms with Crippen LogP contribution in [0.1, 0.15) is 86.6 Å². The molecule has 19 heteroatoms. The number of piperazine rings is 1. The smallest absolute Gasteiger partial charge is 0.329 e. The molecule has 5 aliphatic heterocycles. The summed E-state index contributed by atoms with van der Waals surface area (Å²) in [6, 6.07) is 8.01. The number of fused-ring (bicyclic) bond motifs is 2. The molecule has 6 heterocycles. The zero-order valence-electron chi connectivity index (χ0n) is 39.7. The van der Waals surface area contributed by atoms with Crippen LogP contribution in [0.25, 0.3) is 16.6 Å². The minimum Gasteiger partial charge on any atom is -0.404 e. The lowest BCUT2D eigenvalue weighted by Gasteiger charge is -2.39. The lowest BCUT2D eigenvalue weighted by atomic mass is 9.91. The minimum absolute atomic E-state index is 0.0639. The van der Waals surface area contributed by atoms with Crippen LogP contribution in [0.2, 0.25) is 0 Å². The van der Waals surface area contributed by atoms with E-state index in [0.29, 0.717) is 97.5 Å². The highest BCUT2D eigenvalue weighted by atomic mass is 19.3. The highest BCUT2D eigenvalue weighted by Crippen LogP contribution is 2.38. The van der Waals surface area contributed by atoms with Crippen LogP contribution in [-0.4, -0.2) is 149 Å². The van der Waals surface area contributed by atoms with E-state index >= 15 is 0 Å². The average Bonchev–Trinajstić information content (AvgIpc) is 3.60. The van der Waals surface area contributed by atoms with E-state index in [-0.39, 0.29) is 60.2 Å². The van der Waals surface area contributed by atoms with E-state index in [1.165, 1.54) is 34.5 Å². The number of aliphatic imine (C=N–C) groups is 1. The molecule has 2 aromatic carbocycles. The van der Waals surface area contributed by atoms with Crippen molar-refractivity contribution in [1.82, 2.24) is 39.4 Å². The van der Waals surface area contributed by atoms with Crippen LogP contribution in [0.3, 0.4) is 0 Å². The van der Waals surface area contributed by atoms with Crippen molar-refractivity contribution in [3.05, 3.63) is 80.5 Å². The topological polar surface area (TPSA) is 198 Å². The standard InChI is InChI=1S/C50H62F2N12O5/c1-32(65)62-22-15-40(39(31-62)48(54)63-18-6-9-34-27-37(35(29-53)30-55-2)38(47(51)52)28-43(34)63)56-36-13-20-61(21-14-36)45(67)16-19-60-25-23-59(24-26-60)17-5-8-33-7-4-10-41-46(33)58(3)50(69)64(41)42-11-12-44(66)57-49(42)68/h4,7,10,27-30,36,42,47,54,56H,6,9,11-26,31,53H2,1-3H3,(H,57,66,68). The zero-order valence-corrected chi connectivity index (χ0v) is 39.7. The van der Waals surface area contributed by atoms with Crippen LogP contribution in [0.15, 0.2) is 57.6 Å². The number of para-hydroxylation sites is 1. The molecule has 0 radical (unpaired) electrons. The number of nitrogens with two attached hydrogens (primary N) is 1. The molecule has 1 atom stereocenters. The van der Waals surface area contributed by atoms with Gasteiger partial charge in [0.2, 0.25) is 23.6 Å². The van der Waals surface area contributed by atoms with Crippen LogP contribution >= 0.6 is 0 Å². The van der Waals surface area contributed by atoms with E-state index in [1.807, 2.05) is 17.0 Å². The number of halogens is 2. The fourth-order valence-corrected chi connectivity index (χ4v) is 10.3. The van der Waals surface area contributed by atoms with E-state index in [4.69, 9.17) is 5.73 Å². The maximum atomic E-state index is 14.6. The summed E-state index contributed by atoms with van der Waals surface area (Å²) in [6.45, 7) is 8.37. The molecule has 3 fully saturated rings. The number of imidazole rings is 1. The molecule has 0 aliphatic carbocycles. The molecule has 17 nitrogen and oxygen atoms in total. The number of imide groups is 1. The van der Waals surface area contributed by atoms with Gasteiger partial charge < -0.3 is 30.7 Å². The highest BCUT2D eigenvalue weighted by molar-refractivity contribution is 6.12. The summed E-state index contributed by atoms with van der Waals surface area (Å²) < 4.78 is 32.1. The van der Waals surface area contributed by atoms with Gasteiger partial charge in [-0.3, -0.25) is 48.9 Å². The van der Waals surface area contributed by atoms with E-state index < -0.39 is 18.4 Å². The largest absolute Gasteiger partial charge is 0.404 e. The van der Waals surface area contributed by atoms with E-state index in [1.54, 1.807) is 36.0 Å². The number of anilines is 1. The molecular weight excluding hydrogens is 887 g/mol. The van der Waals surface area contributed by atoms with Crippen molar-refractivity contribution in [2.24, 2.45) is 17.8 Å². The summed E-state index contributed by atoms with van der Waals surface area (Å²) in [5, 5.41) is 15.6. The van der Waals surface area contributed by atoms with Crippen molar-refractivity contribution in [3.63, 3.8) is 0 Å². The van der Waals surface area contributed by atoms with Gasteiger partial charge in [-0.05, 0) is 67.5 Å². The molecular formula is C50H62F2N12O5. The number of alkyl halides is 2. The molecule has 5 aliphatic rings. The minimum atomic E-state index is -2.78. The first-order valence-corrected chi connectivity index (χ1v) is 23.9. The van der Waals surface area contributed by atoms with Gasteiger partial charge in [-0.15, -0.1) is 0 Å². The Balaban J connectivity index is 0.835. The molecule has 69 heavy (non-hydrogen) atoms. The van der Waals surface area contributed by atoms with Gasteiger partial charge in [0.15, 0.2) is 0 Å². The maximum Gasteiger partial charge on any atom is 0.329 e. The number of hydrogen-bond donors (Lipinski definition) is 4. The number of rotatable bonds is 11. The Morgan fingerprint density at radius 1 is 0.986 bits per heavy atom. The molecule has 0 bridgehead atoms. The average molecular weight is 949 g/mol. The number of nitrogens with one attached hydrogen (secondary N) is 3. The van der Waals surface area contributed by atoms with Gasteiger partial charge in [0.25, 0.3) is 6.43 Å². The number of aryl methyl sites for hydroxylation is 2. The molecule has 3 aromatic rings. The summed E-state index contributed by atoms with van der Waals surface area (Å²) in [7, 11) is 3.23. The lowest BCUT2D eigenvalue weighted by Crippen LogP contribution is -2.49. The van der Waals surface area contributed by atoms with E-state index in [9.17, 15) is 38.2 Å². The molecule has 5 N–H and O–H groups in total. The van der Waals surface area contributed by atoms with Gasteiger partial charge in [-0.25, -0.2) is 13.6 Å². The SMILES string of the molecule is CN=CC(=CN)c1cc2c(cc1C(F)F)N(C(=N)C1=C(NC3CCN(C(=O)CCN4CCN(CC#Cc5cccc6c5n(C)c(=O)n6C5CCC(=O)NC5=O)CC4)CC3)CCN(C(C)=O)C1)CCC2. The monoisotopic (exact) mass is 948 g/mol. The second-order valence-corrected chi connectivity index (χ2v) is 18.5. The first kappa shape index (κ1) is 48.8. The highest BCUT2D eigenvalue weighted by Gasteiger charge is 2.34. The third-order valence-electron chi connectivity index (χ3n) is 14.2. The van der Waals surface area contributed by atoms with E-state index in [2.05, 4.69) is 37.3 Å². The molecule has 1 unspecified atom stereocenters. The fraction of sp³-hybridized carbons (Fsp3) is 0.500. The van der Waals surface area contributed by atoms with Crippen LogP contribution in [-0.2, 0) is 32.6 Å². The van der Waals surface area contributed by atoms with Crippen molar-refractivity contribution in [2.75, 3.05) is 83.9 Å². The molecule has 0 saturated carbocycles. The summed E-state index contributed by atoms with van der Waals surface area (Å²) in [5.41, 5.74) is 10.9. The van der Waals surface area contributed by atoms with E-state index in [0.717, 1.165) is 56.7 Å². The Kier molecular flexibility index (Phi) is 15.1. The maximum absolute atomic E-state index is 14.6. The quantitative estimate of drug-likeness (QED) is 0.0960. The Morgan fingerprint density at radius 2 is 1.74 bits per heavy atom. The molecule has 0 spiro atoms. The lowest BCUT2D eigenvalue weighted by molar-refractivity contribution is -0.136. The summed E-state index contributed by atoms with van der Waals surface area (Å²) in [6.07, 6.45) is 4.19. The van der Waals surface area contributed by atoms with Gasteiger partial charge in [-0.1, -0.05) is 17.9 Å². The van der Waals surface area contributed by atoms with Crippen molar-refractivity contribution in [3.8, 4) is 11.8 Å². The molecule has 366 valence electrons. The van der Waals surface area contributed by atoms with Gasteiger partial charge in [-0.2, -0.15) is 0 Å². The van der Waals surface area contributed by atoms with Crippen molar-refractivity contribution >= 4 is 58.0 Å². The third-order valence-corrected chi connectivity index (χ3v) is 14.2. The Hall–Kier alpha value is -6.65. The van der Waals surface area contributed by atoms with Gasteiger partial charge in [0.1, 0.15) is 11.9 Å². The van der Waals surface area contributed by atoms with Crippen molar-refractivity contribution in [1.29, 1.82) is 5.41 Å². The number of hydrogen-bond acceptors (Lipinski definition) is 11. The normalized spacial score (nSPS) is 20.1. The number of carbonyl (C=O) groups excluding carboxylic acids is 4. The Bertz CT molecular complexity index is 2730. The van der Waals surface area contributed by atoms with Gasteiger partial charge in [0.05, 0.1) is 29.7 Å². The molecule has 1 aromatic heterocycles. The third kappa shape index (κ3) is 10.5. The van der Waals surface area contributed by atoms with Gasteiger partial charge in [0, 0.05) is 146 Å². The number of amidine groups is 1. The van der Waals surface area contributed by atoms with Crippen LogP contribution < -0.4 is 27.0 Å².